The second-order valence-corrected chi connectivity index (χ2v) is 20.9. The molecule has 1 aliphatic heterocycles. The van der Waals surface area contributed by atoms with Gasteiger partial charge < -0.3 is 41.0 Å². The van der Waals surface area contributed by atoms with Crippen molar-refractivity contribution in [2.75, 3.05) is 18.5 Å². The van der Waals surface area contributed by atoms with Gasteiger partial charge in [-0.25, -0.2) is 15.0 Å². The minimum absolute atomic E-state index is 0.0454. The van der Waals surface area contributed by atoms with Gasteiger partial charge in [0.25, 0.3) is 5.91 Å². The van der Waals surface area contributed by atoms with Crippen molar-refractivity contribution in [3.8, 4) is 27.7 Å². The predicted molar refractivity (Wildman–Crippen MR) is 291 cm³/mol. The average Bonchev–Trinajstić information content (AvgIpc) is 4.24. The normalized spacial score (nSPS) is 15.1. The number of nitrogens with zero attached hydrogens (tertiary/aromatic N) is 11. The molecular weight excluding hydrogens is 983 g/mol. The Kier molecular flexibility index (Phi) is 18.3. The molecule has 76 heavy (non-hydrogen) atoms. The highest BCUT2D eigenvalue weighted by Gasteiger charge is 2.44. The molecule has 0 bridgehead atoms. The summed E-state index contributed by atoms with van der Waals surface area (Å²) < 4.78 is 9.79. The molecule has 1 saturated heterocycles. The number of amidine groups is 1. The van der Waals surface area contributed by atoms with Crippen LogP contribution in [-0.2, 0) is 49.2 Å². The molecular formula is C55H67N15O5S. The summed E-state index contributed by atoms with van der Waals surface area (Å²) in [6, 6.07) is 23.1. The van der Waals surface area contributed by atoms with Crippen molar-refractivity contribution in [1.29, 1.82) is 0 Å². The molecule has 8 rings (SSSR count). The number of hydrogen-bond donors (Lipinski definition) is 5. The van der Waals surface area contributed by atoms with Crippen LogP contribution in [0.15, 0.2) is 108 Å². The topological polar surface area (TPSA) is 258 Å². The maximum Gasteiger partial charge on any atom is 0.251 e. The molecule has 7 aromatic rings. The molecule has 1 fully saturated rings. The van der Waals surface area contributed by atoms with Crippen LogP contribution in [-0.4, -0.2) is 110 Å². The zero-order valence-electron chi connectivity index (χ0n) is 43.7. The Morgan fingerprint density at radius 2 is 1.74 bits per heavy atom. The number of rotatable bonds is 24. The molecule has 1 aliphatic rings. The average molecular weight is 1050 g/mol. The van der Waals surface area contributed by atoms with E-state index in [1.807, 2.05) is 116 Å². The van der Waals surface area contributed by atoms with E-state index in [1.54, 1.807) is 35.7 Å². The zero-order valence-corrected chi connectivity index (χ0v) is 44.5. The van der Waals surface area contributed by atoms with E-state index in [4.69, 9.17) is 15.5 Å². The highest BCUT2D eigenvalue weighted by atomic mass is 32.1. The molecule has 6 N–H and O–H groups in total. The van der Waals surface area contributed by atoms with Gasteiger partial charge in [0, 0.05) is 69.7 Å². The molecule has 21 heteroatoms. The number of aryl methyl sites for hydroxylation is 3. The Morgan fingerprint density at radius 1 is 0.921 bits per heavy atom. The number of benzene rings is 3. The third-order valence-electron chi connectivity index (χ3n) is 13.1. The number of hydrogen-bond acceptors (Lipinski definition) is 15. The number of thiazole rings is 1. The molecule has 3 aromatic carbocycles. The van der Waals surface area contributed by atoms with Gasteiger partial charge in [-0.05, 0) is 97.5 Å². The van der Waals surface area contributed by atoms with Crippen LogP contribution in [0.25, 0.3) is 22.0 Å². The van der Waals surface area contributed by atoms with Crippen LogP contribution in [0.2, 0.25) is 0 Å². The van der Waals surface area contributed by atoms with Gasteiger partial charge in [-0.3, -0.25) is 24.1 Å². The second-order valence-electron chi connectivity index (χ2n) is 20.1. The van der Waals surface area contributed by atoms with Gasteiger partial charge in [0.1, 0.15) is 29.9 Å². The van der Waals surface area contributed by atoms with E-state index in [-0.39, 0.29) is 37.2 Å². The molecule has 0 aliphatic carbocycles. The summed E-state index contributed by atoms with van der Waals surface area (Å²) in [4.78, 5) is 60.6. The Balaban J connectivity index is 0.717. The number of carbonyl (C=O) groups excluding carboxylic acids is 3. The fraction of sp³-hybridized carbons (Fsp3) is 0.400. The molecule has 0 saturated carbocycles. The van der Waals surface area contributed by atoms with E-state index in [2.05, 4.69) is 51.4 Å². The minimum atomic E-state index is -0.846. The van der Waals surface area contributed by atoms with Crippen LogP contribution in [0.1, 0.15) is 98.0 Å². The van der Waals surface area contributed by atoms with Crippen molar-refractivity contribution in [3.63, 3.8) is 0 Å². The van der Waals surface area contributed by atoms with Crippen LogP contribution < -0.4 is 26.4 Å². The SMILES string of the molecule is Cc1ncsc1-c1ccc(CNC(=O)C2C[C@@H](O)CN2C(=O)C(N=C(N)CCCc2cn(CCCCCOc3cccc(CNC(=O)c4cccc(NCc5nnc(-c6ccncn6)n5C)c4)c3)nn2)C(C)(C)C)cc1. The van der Waals surface area contributed by atoms with Gasteiger partial charge in [0.2, 0.25) is 11.8 Å². The number of aliphatic hydroxyl groups is 1. The smallest absolute Gasteiger partial charge is 0.251 e. The van der Waals surface area contributed by atoms with Gasteiger partial charge in [-0.2, -0.15) is 0 Å². The molecule has 4 aromatic heterocycles. The van der Waals surface area contributed by atoms with Crippen molar-refractivity contribution < 1.29 is 24.2 Å². The number of nitrogens with two attached hydrogens (primary N) is 1. The lowest BCUT2D eigenvalue weighted by atomic mass is 9.86. The first-order chi connectivity index (χ1) is 36.7. The van der Waals surface area contributed by atoms with Crippen LogP contribution in [0.5, 0.6) is 5.75 Å². The van der Waals surface area contributed by atoms with E-state index in [1.165, 1.54) is 11.2 Å². The van der Waals surface area contributed by atoms with Crippen molar-refractivity contribution >= 4 is 40.6 Å². The fourth-order valence-electron chi connectivity index (χ4n) is 8.87. The van der Waals surface area contributed by atoms with Crippen molar-refractivity contribution in [2.45, 2.75) is 117 Å². The van der Waals surface area contributed by atoms with Gasteiger partial charge >= 0.3 is 0 Å². The summed E-state index contributed by atoms with van der Waals surface area (Å²) in [6.45, 7) is 10.1. The van der Waals surface area contributed by atoms with Crippen molar-refractivity contribution in [3.05, 3.63) is 137 Å². The maximum absolute atomic E-state index is 14.1. The number of amides is 3. The molecule has 398 valence electrons. The number of β-amino-alcohol motifs (C(OH)–C–C–N with tert-alkyl or cyclic N) is 1. The zero-order chi connectivity index (χ0) is 53.6. The van der Waals surface area contributed by atoms with E-state index in [9.17, 15) is 19.5 Å². The van der Waals surface area contributed by atoms with E-state index >= 15 is 0 Å². The summed E-state index contributed by atoms with van der Waals surface area (Å²) in [6.07, 6.45) is 8.86. The summed E-state index contributed by atoms with van der Waals surface area (Å²) >= 11 is 1.59. The molecule has 20 nitrogen and oxygen atoms in total. The highest BCUT2D eigenvalue weighted by Crippen LogP contribution is 2.30. The van der Waals surface area contributed by atoms with Gasteiger partial charge in [-0.15, -0.1) is 26.6 Å². The first-order valence-corrected chi connectivity index (χ1v) is 26.5. The predicted octanol–water partition coefficient (Wildman–Crippen LogP) is 6.46. The summed E-state index contributed by atoms with van der Waals surface area (Å²) in [5.41, 5.74) is 14.4. The number of unbranched alkanes of at least 4 members (excludes halogenated alkanes) is 2. The number of aliphatic imine (C=N–C) groups is 1. The second kappa shape index (κ2) is 25.6. The Labute approximate surface area is 446 Å². The maximum atomic E-state index is 14.1. The molecule has 5 heterocycles. The fourth-order valence-corrected chi connectivity index (χ4v) is 9.68. The Bertz CT molecular complexity index is 3080. The number of aromatic nitrogens is 9. The Morgan fingerprint density at radius 3 is 2.51 bits per heavy atom. The molecule has 2 unspecified atom stereocenters. The van der Waals surface area contributed by atoms with Gasteiger partial charge in [0.15, 0.2) is 11.6 Å². The highest BCUT2D eigenvalue weighted by molar-refractivity contribution is 7.13. The third kappa shape index (κ3) is 14.7. The first kappa shape index (κ1) is 54.4. The van der Waals surface area contributed by atoms with Gasteiger partial charge in [-0.1, -0.05) is 68.4 Å². The van der Waals surface area contributed by atoms with Crippen LogP contribution >= 0.6 is 11.3 Å². The van der Waals surface area contributed by atoms with Gasteiger partial charge in [0.05, 0.1) is 46.9 Å². The Hall–Kier alpha value is -7.91. The largest absolute Gasteiger partial charge is 0.494 e. The molecule has 0 spiro atoms. The first-order valence-electron chi connectivity index (χ1n) is 25.6. The summed E-state index contributed by atoms with van der Waals surface area (Å²) in [7, 11) is 1.88. The summed E-state index contributed by atoms with van der Waals surface area (Å²) in [5.74, 6) is 1.60. The quantitative estimate of drug-likeness (QED) is 0.0247. The minimum Gasteiger partial charge on any atom is -0.494 e. The lowest BCUT2D eigenvalue weighted by Gasteiger charge is -2.33. The number of aliphatic hydroxyl groups excluding tert-OH is 1. The standard InChI is InChI=1S/C55H67N15O5S/c1-36-49(76-35-62-36)39-20-18-37(19-21-39)29-60-53(73)46-28-43(71)33-70(46)54(74)50(55(2,3)4)63-47(56)17-11-15-42-32-69(67-64-42)24-7-6-8-25-75-44-16-9-12-38(26-44)30-59-52(72)40-13-10-14-41(27-40)58-31-48-65-66-51(68(48)5)45-22-23-57-34-61-45/h9-10,12-14,16,18-23,26-27,32,34-35,43,46,50,58,71H,6-8,11,15,17,24-25,28-31,33H2,1-5H3,(H2,56,63)(H,59,72)(H,60,73)/t43-,46?,50?/m1/s1. The van der Waals surface area contributed by atoms with Crippen LogP contribution in [0.4, 0.5) is 5.69 Å². The number of ether oxygens (including phenoxy) is 1. The van der Waals surface area contributed by atoms with Crippen molar-refractivity contribution in [2.24, 2.45) is 23.2 Å². The third-order valence-corrected chi connectivity index (χ3v) is 14.1. The number of anilines is 1. The number of carbonyl (C=O) groups is 3. The molecule has 0 radical (unpaired) electrons. The number of nitrogens with one attached hydrogen (secondary N) is 3. The van der Waals surface area contributed by atoms with Crippen LogP contribution in [0, 0.1) is 12.3 Å². The van der Waals surface area contributed by atoms with E-state index in [0.29, 0.717) is 67.7 Å². The van der Waals surface area contributed by atoms with Crippen molar-refractivity contribution in [1.82, 2.24) is 60.2 Å². The monoisotopic (exact) mass is 1050 g/mol. The van der Waals surface area contributed by atoms with Crippen LogP contribution in [0.3, 0.4) is 0 Å². The summed E-state index contributed by atoms with van der Waals surface area (Å²) in [5, 5.41) is 37.2. The molecule has 3 amide bonds. The van der Waals surface area contributed by atoms with E-state index in [0.717, 1.165) is 70.2 Å². The number of likely N-dealkylation sites (tertiary alicyclic amines) is 1. The lowest BCUT2D eigenvalue weighted by molar-refractivity contribution is -0.141. The molecule has 3 atom stereocenters. The van der Waals surface area contributed by atoms with E-state index < -0.39 is 23.6 Å². The lowest BCUT2D eigenvalue weighted by Crippen LogP contribution is -2.51.